The van der Waals surface area contributed by atoms with Crippen LogP contribution in [0.3, 0.4) is 0 Å². The number of pyridine rings is 2. The maximum atomic E-state index is 6.27. The summed E-state index contributed by atoms with van der Waals surface area (Å²) in [4.78, 5) is 38.9. The summed E-state index contributed by atoms with van der Waals surface area (Å²) < 4.78 is 30.6. The van der Waals surface area contributed by atoms with Crippen LogP contribution in [0.15, 0.2) is 435 Å². The molecule has 0 radical (unpaired) electrons. The molecule has 0 N–H and O–H groups in total. The first-order chi connectivity index (χ1) is 61.9. The van der Waals surface area contributed by atoms with Gasteiger partial charge < -0.3 is 22.1 Å². The van der Waals surface area contributed by atoms with Gasteiger partial charge in [-0.05, 0) is 166 Å². The van der Waals surface area contributed by atoms with Crippen molar-refractivity contribution in [1.29, 1.82) is 0 Å². The van der Waals surface area contributed by atoms with Crippen LogP contribution in [0.1, 0.15) is 0 Å². The molecule has 0 spiro atoms. The molecule has 0 saturated carbocycles. The van der Waals surface area contributed by atoms with Gasteiger partial charge in [-0.25, -0.2) is 34.9 Å². The average Bonchev–Trinajstić information content (AvgIpc) is 1.68. The Morgan fingerprint density at radius 3 is 1.02 bits per heavy atom. The number of aromatic nitrogens is 8. The Bertz CT molecular complexity index is 8610. The van der Waals surface area contributed by atoms with Crippen LogP contribution in [0.25, 0.3) is 244 Å². The lowest BCUT2D eigenvalue weighted by atomic mass is 9.99. The predicted molar refractivity (Wildman–Crippen MR) is 506 cm³/mol. The summed E-state index contributed by atoms with van der Waals surface area (Å²) in [6, 6.07) is 137. The highest BCUT2D eigenvalue weighted by molar-refractivity contribution is 6.13. The van der Waals surface area contributed by atoms with Gasteiger partial charge in [0.15, 0.2) is 22.3 Å². The number of para-hydroxylation sites is 5. The maximum Gasteiger partial charge on any atom is 0.227 e. The normalized spacial score (nSPS) is 11.5. The molecular formula is C112H68N8O5. The number of benzene rings is 18. The fraction of sp³-hybridized carbons (Fsp3) is 0. The Kier molecular flexibility index (Phi) is 18.2. The molecule has 0 aliphatic rings. The Labute approximate surface area is 714 Å². The molecule has 8 aromatic heterocycles. The second-order valence-electron chi connectivity index (χ2n) is 30.8. The molecule has 13 nitrogen and oxygen atoms in total. The molecule has 18 aromatic carbocycles. The van der Waals surface area contributed by atoms with E-state index < -0.39 is 0 Å². The molecule has 26 rings (SSSR count). The zero-order valence-electron chi connectivity index (χ0n) is 66.9. The molecule has 13 heteroatoms. The van der Waals surface area contributed by atoms with E-state index in [2.05, 4.69) is 181 Å². The number of nitrogens with zero attached hydrogens (tertiary/aromatic N) is 8. The molecule has 8 heterocycles. The van der Waals surface area contributed by atoms with E-state index in [1.165, 1.54) is 5.39 Å². The Balaban J connectivity index is 0.0000000963. The van der Waals surface area contributed by atoms with E-state index in [0.717, 1.165) is 215 Å². The Morgan fingerprint density at radius 2 is 0.528 bits per heavy atom. The van der Waals surface area contributed by atoms with E-state index in [1.807, 2.05) is 237 Å². The van der Waals surface area contributed by atoms with Crippen LogP contribution in [-0.4, -0.2) is 39.9 Å². The molecule has 0 saturated heterocycles. The minimum absolute atomic E-state index is 0.619. The summed E-state index contributed by atoms with van der Waals surface area (Å²) in [5.74, 6) is 2.54. The van der Waals surface area contributed by atoms with Crippen molar-refractivity contribution in [2.45, 2.75) is 0 Å². The fourth-order valence-corrected chi connectivity index (χ4v) is 16.8. The van der Waals surface area contributed by atoms with Gasteiger partial charge in [-0.15, -0.1) is 0 Å². The lowest BCUT2D eigenvalue weighted by Crippen LogP contribution is -1.95. The third kappa shape index (κ3) is 13.8. The second-order valence-corrected chi connectivity index (χ2v) is 30.8. The van der Waals surface area contributed by atoms with Gasteiger partial charge in [0, 0.05) is 99.4 Å². The molecule has 125 heavy (non-hydrogen) atoms. The monoisotopic (exact) mass is 1600 g/mol. The number of hydrogen-bond donors (Lipinski definition) is 0. The minimum Gasteiger partial charge on any atom is -0.455 e. The van der Waals surface area contributed by atoms with E-state index >= 15 is 0 Å². The first kappa shape index (κ1) is 73.0. The van der Waals surface area contributed by atoms with Crippen LogP contribution in [0.4, 0.5) is 0 Å². The summed E-state index contributed by atoms with van der Waals surface area (Å²) in [6.07, 6.45) is 1.87. The second kappa shape index (κ2) is 31.2. The fourth-order valence-electron chi connectivity index (χ4n) is 16.8. The van der Waals surface area contributed by atoms with Gasteiger partial charge in [0.25, 0.3) is 0 Å². The Morgan fingerprint density at radius 1 is 0.176 bits per heavy atom. The van der Waals surface area contributed by atoms with Crippen LogP contribution >= 0.6 is 0 Å². The van der Waals surface area contributed by atoms with Gasteiger partial charge in [0.05, 0.1) is 39.3 Å². The first-order valence-electron chi connectivity index (χ1n) is 41.4. The van der Waals surface area contributed by atoms with Crippen LogP contribution in [-0.2, 0) is 0 Å². The molecule has 0 amide bonds. The van der Waals surface area contributed by atoms with E-state index in [1.54, 1.807) is 0 Å². The lowest BCUT2D eigenvalue weighted by Gasteiger charge is -2.11. The molecule has 0 fully saturated rings. The minimum atomic E-state index is 0.619. The molecule has 586 valence electrons. The van der Waals surface area contributed by atoms with Crippen molar-refractivity contribution in [3.8, 4) is 102 Å². The molecule has 26 aromatic rings. The molecule has 0 aliphatic carbocycles. The Hall–Kier alpha value is -17.2. The zero-order chi connectivity index (χ0) is 82.7. The van der Waals surface area contributed by atoms with Crippen molar-refractivity contribution in [3.05, 3.63) is 413 Å². The van der Waals surface area contributed by atoms with E-state index in [0.29, 0.717) is 23.6 Å². The summed E-state index contributed by atoms with van der Waals surface area (Å²) in [5, 5.41) is 14.5. The highest BCUT2D eigenvalue weighted by Gasteiger charge is 2.22. The maximum absolute atomic E-state index is 6.27. The number of fused-ring (bicyclic) bond motifs is 18. The van der Waals surface area contributed by atoms with Crippen molar-refractivity contribution < 1.29 is 22.1 Å². The van der Waals surface area contributed by atoms with Crippen LogP contribution in [0.5, 0.6) is 0 Å². The third-order valence-corrected chi connectivity index (χ3v) is 23.0. The summed E-state index contributed by atoms with van der Waals surface area (Å²) in [6.45, 7) is 0. The predicted octanol–water partition coefficient (Wildman–Crippen LogP) is 29.9. The largest absolute Gasteiger partial charge is 0.455 e. The molecule has 0 unspecified atom stereocenters. The van der Waals surface area contributed by atoms with E-state index in [-0.39, 0.29) is 0 Å². The molecular weight excluding hydrogens is 1540 g/mol. The van der Waals surface area contributed by atoms with Gasteiger partial charge in [-0.2, -0.15) is 0 Å². The summed E-state index contributed by atoms with van der Waals surface area (Å²) in [5.41, 5.74) is 25.0. The highest BCUT2D eigenvalue weighted by Crippen LogP contribution is 2.43. The standard InChI is InChI=1S/C31H19N3O.C29H17NO2.2C26H16N2O/c1-3-9-21(10-4-1)28-29(33-26-14-8-7-13-25(26)32-28)23-16-15-20-17-18-27-30(24(20)19-23)34-31(35-27)22-11-5-2-6-12-22;1-2-7-19(8-3-1)29-30-27-24-17-20(14-13-18(24)15-16-26(27)32-29)21-10-6-11-23-22-9-4-5-12-25(22)31-28(21)23;1-2-7-19(8-3-1)26-28-25-21-16-20(11-10-17(21)13-15-24(25)29-26)23-14-12-18-6-4-5-9-22(18)27-23;1-2-7-19(8-3-1)26-28-25-22-16-20(11-10-18(22)12-13-23(25)29-26)24-21-9-5-4-6-17(21)14-15-27-24/h1-19H;1-17H;2*1-16H. The van der Waals surface area contributed by atoms with Gasteiger partial charge in [0.1, 0.15) is 33.2 Å². The zero-order valence-corrected chi connectivity index (χ0v) is 66.9. The van der Waals surface area contributed by atoms with Gasteiger partial charge >= 0.3 is 0 Å². The van der Waals surface area contributed by atoms with E-state index in [4.69, 9.17) is 57.0 Å². The van der Waals surface area contributed by atoms with Gasteiger partial charge in [-0.1, -0.05) is 273 Å². The SMILES string of the molecule is c1ccc(-c2nc3c(ccc4ccc(-c5ccc6ccccc6n5)cc43)o2)cc1.c1ccc(-c2nc3c(ccc4ccc(-c5cccc6c5oc5ccccc56)cc43)o2)cc1.c1ccc(-c2nc3c(ccc4ccc(-c5nc6ccccc6nc5-c5ccccc5)cc43)o2)cc1.c1ccc(-c2nc3c(ccc4ccc(-c5nccc6ccccc56)cc43)o2)cc1. The quantitative estimate of drug-likeness (QED) is 0.134. The number of furan rings is 1. The van der Waals surface area contributed by atoms with Crippen LogP contribution in [0.2, 0.25) is 0 Å². The first-order valence-corrected chi connectivity index (χ1v) is 41.4. The number of hydrogen-bond acceptors (Lipinski definition) is 13. The van der Waals surface area contributed by atoms with E-state index in [9.17, 15) is 0 Å². The third-order valence-electron chi connectivity index (χ3n) is 23.0. The van der Waals surface area contributed by atoms with Crippen molar-refractivity contribution >= 4 is 142 Å². The summed E-state index contributed by atoms with van der Waals surface area (Å²) >= 11 is 0. The van der Waals surface area contributed by atoms with Crippen LogP contribution in [0, 0.1) is 0 Å². The number of rotatable bonds is 9. The average molecular weight is 1610 g/mol. The number of oxazole rings is 4. The summed E-state index contributed by atoms with van der Waals surface area (Å²) in [7, 11) is 0. The molecule has 0 aliphatic heterocycles. The van der Waals surface area contributed by atoms with Crippen molar-refractivity contribution in [2.75, 3.05) is 0 Å². The van der Waals surface area contributed by atoms with Crippen molar-refractivity contribution in [2.24, 2.45) is 0 Å². The van der Waals surface area contributed by atoms with Crippen molar-refractivity contribution in [1.82, 2.24) is 39.9 Å². The topological polar surface area (TPSA) is 169 Å². The van der Waals surface area contributed by atoms with Gasteiger partial charge in [-0.3, -0.25) is 4.98 Å². The van der Waals surface area contributed by atoms with Crippen molar-refractivity contribution in [3.63, 3.8) is 0 Å². The smallest absolute Gasteiger partial charge is 0.227 e. The van der Waals surface area contributed by atoms with Crippen LogP contribution < -0.4 is 0 Å². The van der Waals surface area contributed by atoms with Gasteiger partial charge in [0.2, 0.25) is 23.6 Å². The molecule has 0 atom stereocenters. The lowest BCUT2D eigenvalue weighted by molar-refractivity contribution is 0.619. The molecule has 0 bridgehead atoms. The highest BCUT2D eigenvalue weighted by atomic mass is 16.4.